The Bertz CT molecular complexity index is 1140. The first-order chi connectivity index (χ1) is 14.5. The van der Waals surface area contributed by atoms with E-state index in [0.29, 0.717) is 13.0 Å². The molecule has 6 rings (SSSR count). The number of benzene rings is 2. The van der Waals surface area contributed by atoms with E-state index in [1.807, 2.05) is 12.1 Å². The van der Waals surface area contributed by atoms with Crippen molar-refractivity contribution in [3.8, 4) is 5.75 Å². The molecule has 2 aliphatic carbocycles. The maximum absolute atomic E-state index is 12.3. The number of likely N-dealkylation sites (tertiary alicyclic amines) is 1. The molecule has 4 nitrogen and oxygen atoms in total. The van der Waals surface area contributed by atoms with E-state index in [9.17, 15) is 10.2 Å². The summed E-state index contributed by atoms with van der Waals surface area (Å²) in [6.07, 6.45) is 4.97. The van der Waals surface area contributed by atoms with E-state index in [1.165, 1.54) is 29.5 Å². The Morgan fingerprint density at radius 1 is 1.13 bits per heavy atom. The maximum atomic E-state index is 12.3. The molecule has 2 heterocycles. The van der Waals surface area contributed by atoms with E-state index in [2.05, 4.69) is 50.1 Å². The molecule has 3 aromatic rings. The maximum Gasteiger partial charge on any atom is 0.115 e. The van der Waals surface area contributed by atoms with Gasteiger partial charge in [-0.05, 0) is 67.1 Å². The standard InChI is InChI=1S/C25H27BrN2O2/c26-18-6-7-20-21-12-25(30)15-28(14-16-4-5-16)9-8-24(25,13-23(21)27-22(20)11-18)17-2-1-3-19(29)10-17/h1-3,6-7,10-11,16,27,29-30H,4-5,8-9,12-15H2. The number of rotatable bonds is 3. The number of aromatic hydroxyl groups is 1. The van der Waals surface area contributed by atoms with E-state index in [0.717, 1.165) is 47.4 Å². The monoisotopic (exact) mass is 466 g/mol. The molecule has 1 saturated heterocycles. The molecular formula is C25H27BrN2O2. The fraction of sp³-hybridized carbons (Fsp3) is 0.440. The highest BCUT2D eigenvalue weighted by Gasteiger charge is 2.57. The fourth-order valence-corrected chi connectivity index (χ4v) is 6.39. The topological polar surface area (TPSA) is 59.5 Å². The van der Waals surface area contributed by atoms with Gasteiger partial charge in [0.2, 0.25) is 0 Å². The minimum absolute atomic E-state index is 0.274. The van der Waals surface area contributed by atoms with E-state index >= 15 is 0 Å². The number of nitrogens with zero attached hydrogens (tertiary/aromatic N) is 1. The first-order valence-electron chi connectivity index (χ1n) is 11.0. The van der Waals surface area contributed by atoms with Crippen LogP contribution in [0.1, 0.15) is 36.1 Å². The second-order valence-corrected chi connectivity index (χ2v) is 10.6. The van der Waals surface area contributed by atoms with Crippen molar-refractivity contribution in [1.29, 1.82) is 0 Å². The highest BCUT2D eigenvalue weighted by molar-refractivity contribution is 9.10. The number of aromatic amines is 1. The average Bonchev–Trinajstić information content (AvgIpc) is 3.46. The van der Waals surface area contributed by atoms with Crippen LogP contribution < -0.4 is 0 Å². The number of phenolic OH excluding ortho intramolecular Hbond substituents is 1. The summed E-state index contributed by atoms with van der Waals surface area (Å²) in [6, 6.07) is 13.9. The van der Waals surface area contributed by atoms with Gasteiger partial charge in [-0.15, -0.1) is 0 Å². The summed E-state index contributed by atoms with van der Waals surface area (Å²) >= 11 is 3.59. The second kappa shape index (κ2) is 6.59. The van der Waals surface area contributed by atoms with Crippen LogP contribution in [0.15, 0.2) is 46.9 Å². The molecule has 3 N–H and O–H groups in total. The van der Waals surface area contributed by atoms with Crippen LogP contribution in [0, 0.1) is 5.92 Å². The van der Waals surface area contributed by atoms with Crippen LogP contribution in [0.3, 0.4) is 0 Å². The lowest BCUT2D eigenvalue weighted by Gasteiger charge is -2.56. The largest absolute Gasteiger partial charge is 0.508 e. The third-order valence-corrected chi connectivity index (χ3v) is 8.24. The number of aromatic nitrogens is 1. The Hall–Kier alpha value is -1.82. The number of halogens is 1. The Labute approximate surface area is 185 Å². The van der Waals surface area contributed by atoms with E-state index in [4.69, 9.17) is 0 Å². The number of nitrogens with one attached hydrogen (secondary N) is 1. The Kier molecular flexibility index (Phi) is 4.15. The molecule has 1 aliphatic heterocycles. The van der Waals surface area contributed by atoms with E-state index in [1.54, 1.807) is 6.07 Å². The third-order valence-electron chi connectivity index (χ3n) is 7.75. The summed E-state index contributed by atoms with van der Waals surface area (Å²) in [6.45, 7) is 2.80. The van der Waals surface area contributed by atoms with Gasteiger partial charge >= 0.3 is 0 Å². The van der Waals surface area contributed by atoms with Gasteiger partial charge in [-0.1, -0.05) is 34.1 Å². The average molecular weight is 467 g/mol. The molecule has 156 valence electrons. The van der Waals surface area contributed by atoms with Gasteiger partial charge in [0, 0.05) is 52.4 Å². The van der Waals surface area contributed by atoms with Gasteiger partial charge in [0.1, 0.15) is 5.75 Å². The number of phenols is 1. The van der Waals surface area contributed by atoms with Crippen LogP contribution in [-0.2, 0) is 18.3 Å². The molecule has 2 atom stereocenters. The first-order valence-corrected chi connectivity index (χ1v) is 11.8. The predicted octanol–water partition coefficient (Wildman–Crippen LogP) is 4.52. The van der Waals surface area contributed by atoms with Crippen LogP contribution in [0.2, 0.25) is 0 Å². The van der Waals surface area contributed by atoms with Gasteiger partial charge < -0.3 is 20.1 Å². The number of H-pyrrole nitrogens is 1. The molecule has 1 saturated carbocycles. The summed E-state index contributed by atoms with van der Waals surface area (Å²) in [5.74, 6) is 1.09. The summed E-state index contributed by atoms with van der Waals surface area (Å²) in [4.78, 5) is 6.13. The van der Waals surface area contributed by atoms with Crippen molar-refractivity contribution in [1.82, 2.24) is 9.88 Å². The second-order valence-electron chi connectivity index (χ2n) is 9.72. The summed E-state index contributed by atoms with van der Waals surface area (Å²) in [7, 11) is 0. The minimum atomic E-state index is -0.858. The number of hydrogen-bond acceptors (Lipinski definition) is 3. The lowest BCUT2D eigenvalue weighted by atomic mass is 9.56. The minimum Gasteiger partial charge on any atom is -0.508 e. The Morgan fingerprint density at radius 3 is 2.80 bits per heavy atom. The molecule has 5 heteroatoms. The summed E-state index contributed by atoms with van der Waals surface area (Å²) in [5, 5.41) is 23.8. The van der Waals surface area contributed by atoms with E-state index < -0.39 is 11.0 Å². The van der Waals surface area contributed by atoms with Crippen LogP contribution in [0.5, 0.6) is 5.75 Å². The molecule has 0 spiro atoms. The van der Waals surface area contributed by atoms with Gasteiger partial charge in [0.25, 0.3) is 0 Å². The summed E-state index contributed by atoms with van der Waals surface area (Å²) < 4.78 is 1.06. The van der Waals surface area contributed by atoms with Crippen molar-refractivity contribution in [2.45, 2.75) is 43.1 Å². The fourth-order valence-electron chi connectivity index (χ4n) is 6.03. The molecule has 3 aliphatic rings. The molecule has 1 aromatic heterocycles. The molecule has 2 aromatic carbocycles. The molecule has 2 fully saturated rings. The lowest BCUT2D eigenvalue weighted by molar-refractivity contribution is -0.103. The Morgan fingerprint density at radius 2 is 2.00 bits per heavy atom. The van der Waals surface area contributed by atoms with E-state index in [-0.39, 0.29) is 5.75 Å². The van der Waals surface area contributed by atoms with Gasteiger partial charge in [-0.3, -0.25) is 0 Å². The van der Waals surface area contributed by atoms with Gasteiger partial charge in [0.05, 0.1) is 5.60 Å². The van der Waals surface area contributed by atoms with Gasteiger partial charge in [-0.25, -0.2) is 0 Å². The van der Waals surface area contributed by atoms with Gasteiger partial charge in [-0.2, -0.15) is 0 Å². The van der Waals surface area contributed by atoms with Crippen LogP contribution in [-0.4, -0.2) is 45.3 Å². The lowest BCUT2D eigenvalue weighted by Crippen LogP contribution is -2.66. The zero-order valence-corrected chi connectivity index (χ0v) is 18.6. The SMILES string of the molecule is Oc1cccc(C23CCN(CC4CC4)CC2(O)Cc2c([nH]c4cc(Br)ccc24)C3)c1. The van der Waals surface area contributed by atoms with Crippen molar-refractivity contribution >= 4 is 26.8 Å². The first kappa shape index (κ1) is 18.9. The molecule has 30 heavy (non-hydrogen) atoms. The zero-order chi connectivity index (χ0) is 20.5. The number of hydrogen-bond donors (Lipinski definition) is 3. The molecule has 0 bridgehead atoms. The highest BCUT2D eigenvalue weighted by Crippen LogP contribution is 2.52. The van der Waals surface area contributed by atoms with Crippen molar-refractivity contribution in [3.63, 3.8) is 0 Å². The van der Waals surface area contributed by atoms with Crippen LogP contribution in [0.25, 0.3) is 10.9 Å². The number of β-amino-alcohol motifs (C(OH)–C–C–N with tert-alkyl or cyclic N) is 1. The highest BCUT2D eigenvalue weighted by atomic mass is 79.9. The zero-order valence-electron chi connectivity index (χ0n) is 17.0. The smallest absolute Gasteiger partial charge is 0.115 e. The molecule has 0 radical (unpaired) electrons. The third kappa shape index (κ3) is 2.86. The number of piperidine rings is 1. The van der Waals surface area contributed by atoms with Gasteiger partial charge in [0.15, 0.2) is 0 Å². The quantitative estimate of drug-likeness (QED) is 0.531. The molecule has 0 amide bonds. The van der Waals surface area contributed by atoms with Crippen molar-refractivity contribution in [3.05, 3.63) is 63.8 Å². The predicted molar refractivity (Wildman–Crippen MR) is 122 cm³/mol. The number of aliphatic hydroxyl groups is 1. The van der Waals surface area contributed by atoms with Crippen molar-refractivity contribution in [2.75, 3.05) is 19.6 Å². The Balaban J connectivity index is 1.49. The molecule has 2 unspecified atom stereocenters. The normalized spacial score (nSPS) is 29.0. The summed E-state index contributed by atoms with van der Waals surface area (Å²) in [5.41, 5.74) is 3.41. The van der Waals surface area contributed by atoms with Crippen LogP contribution >= 0.6 is 15.9 Å². The van der Waals surface area contributed by atoms with Crippen molar-refractivity contribution in [2.24, 2.45) is 5.92 Å². The number of fused-ring (bicyclic) bond motifs is 4. The molecular weight excluding hydrogens is 440 g/mol. The van der Waals surface area contributed by atoms with Crippen molar-refractivity contribution < 1.29 is 10.2 Å². The van der Waals surface area contributed by atoms with Crippen LogP contribution in [0.4, 0.5) is 0 Å².